The van der Waals surface area contributed by atoms with Gasteiger partial charge in [0.2, 0.25) is 0 Å². The van der Waals surface area contributed by atoms with Crippen molar-refractivity contribution in [2.75, 3.05) is 6.66 Å². The Morgan fingerprint density at radius 1 is 1.58 bits per heavy atom. The molecule has 0 radical (unpaired) electrons. The maximum Gasteiger partial charge on any atom is 0.0702 e. The summed E-state index contributed by atoms with van der Waals surface area (Å²) < 4.78 is 0. The molecule has 0 aromatic carbocycles. The number of unbranched alkanes of at least 4 members (excludes halogenated alkanes) is 1. The smallest absolute Gasteiger partial charge is 0.0702 e. The summed E-state index contributed by atoms with van der Waals surface area (Å²) in [6, 6.07) is 0. The molecule has 0 rings (SSSR count). The maximum atomic E-state index is 10.7. The number of carbonyl (C=O) groups is 1. The van der Waals surface area contributed by atoms with E-state index in [2.05, 4.69) is 13.6 Å². The molecule has 0 aromatic heterocycles. The molecule has 2 nitrogen and oxygen atoms in total. The van der Waals surface area contributed by atoms with E-state index in [1.165, 1.54) is 0 Å². The first-order valence-corrected chi connectivity index (χ1v) is 6.46. The number of carboxylic acids is 1. The highest BCUT2D eigenvalue weighted by Crippen LogP contribution is 2.25. The van der Waals surface area contributed by atoms with E-state index in [1.807, 2.05) is 6.92 Å². The lowest BCUT2D eigenvalue weighted by Crippen LogP contribution is -2.35. The second kappa shape index (κ2) is 6.42. The summed E-state index contributed by atoms with van der Waals surface area (Å²) in [4.78, 5) is 10.7. The van der Waals surface area contributed by atoms with Crippen molar-refractivity contribution in [1.82, 2.24) is 0 Å². The summed E-state index contributed by atoms with van der Waals surface area (Å²) in [6.45, 7) is 6.20. The van der Waals surface area contributed by atoms with Gasteiger partial charge in [0, 0.05) is 18.6 Å². The topological polar surface area (TPSA) is 40.1 Å². The molecule has 0 N–H and O–H groups in total. The minimum atomic E-state index is -0.856. The zero-order valence-corrected chi connectivity index (χ0v) is 9.32. The normalized spacial score (nSPS) is 16.6. The quantitative estimate of drug-likeness (QED) is 0.585. The standard InChI is InChI=1S/C9H19O2P/c1-4-5-6-8(9(10)11)7(2)12-3/h7-8,12H,4-6H2,1-3H3,(H,10,11). The van der Waals surface area contributed by atoms with Gasteiger partial charge in [-0.05, 0) is 21.9 Å². The molecule has 3 heteroatoms. The van der Waals surface area contributed by atoms with E-state index in [0.29, 0.717) is 5.66 Å². The van der Waals surface area contributed by atoms with Crippen LogP contribution in [0.15, 0.2) is 0 Å². The minimum absolute atomic E-state index is 0.204. The Kier molecular flexibility index (Phi) is 6.37. The van der Waals surface area contributed by atoms with Crippen LogP contribution in [0.2, 0.25) is 0 Å². The fraction of sp³-hybridized carbons (Fsp3) is 0.889. The molecular formula is C9H19O2P. The van der Waals surface area contributed by atoms with Crippen LogP contribution < -0.4 is 5.11 Å². The van der Waals surface area contributed by atoms with E-state index < -0.39 is 5.97 Å². The number of hydrogen-bond donors (Lipinski definition) is 0. The molecule has 0 saturated heterocycles. The van der Waals surface area contributed by atoms with Gasteiger partial charge in [-0.25, -0.2) is 0 Å². The van der Waals surface area contributed by atoms with Crippen molar-refractivity contribution in [1.29, 1.82) is 0 Å². The number of rotatable bonds is 6. The van der Waals surface area contributed by atoms with E-state index in [-0.39, 0.29) is 14.5 Å². The first kappa shape index (κ1) is 11.9. The highest BCUT2D eigenvalue weighted by atomic mass is 31.1. The molecule has 3 unspecified atom stereocenters. The lowest BCUT2D eigenvalue weighted by molar-refractivity contribution is -0.311. The largest absolute Gasteiger partial charge is 0.550 e. The molecule has 0 aliphatic heterocycles. The lowest BCUT2D eigenvalue weighted by atomic mass is 9.99. The van der Waals surface area contributed by atoms with E-state index in [9.17, 15) is 9.90 Å². The zero-order valence-electron chi connectivity index (χ0n) is 8.17. The molecule has 0 aliphatic carbocycles. The van der Waals surface area contributed by atoms with Crippen molar-refractivity contribution < 1.29 is 9.90 Å². The van der Waals surface area contributed by atoms with Gasteiger partial charge in [-0.3, -0.25) is 0 Å². The Morgan fingerprint density at radius 2 is 2.17 bits per heavy atom. The summed E-state index contributed by atoms with van der Waals surface area (Å²) in [5.74, 6) is -1.06. The molecule has 0 aliphatic rings. The summed E-state index contributed by atoms with van der Waals surface area (Å²) in [6.07, 6.45) is 2.86. The van der Waals surface area contributed by atoms with Crippen molar-refractivity contribution in [3.8, 4) is 0 Å². The van der Waals surface area contributed by atoms with E-state index in [4.69, 9.17) is 0 Å². The van der Waals surface area contributed by atoms with Crippen molar-refractivity contribution in [3.05, 3.63) is 0 Å². The number of carboxylic acid groups (broad SMARTS) is 1. The van der Waals surface area contributed by atoms with Gasteiger partial charge in [0.15, 0.2) is 0 Å². The molecule has 12 heavy (non-hydrogen) atoms. The molecule has 72 valence electrons. The number of carbonyl (C=O) groups excluding carboxylic acids is 1. The summed E-state index contributed by atoms with van der Waals surface area (Å²) in [7, 11) is 0.247. The Bertz CT molecular complexity index is 136. The predicted octanol–water partition coefficient (Wildman–Crippen LogP) is 0.972. The van der Waals surface area contributed by atoms with Crippen molar-refractivity contribution in [2.24, 2.45) is 5.92 Å². The van der Waals surface area contributed by atoms with Crippen LogP contribution in [-0.2, 0) is 4.79 Å². The van der Waals surface area contributed by atoms with Gasteiger partial charge in [-0.2, -0.15) is 0 Å². The van der Waals surface area contributed by atoms with Crippen LogP contribution >= 0.6 is 8.58 Å². The summed E-state index contributed by atoms with van der Waals surface area (Å²) >= 11 is 0. The fourth-order valence-electron chi connectivity index (χ4n) is 1.25. The fourth-order valence-corrected chi connectivity index (χ4v) is 2.07. The second-order valence-electron chi connectivity index (χ2n) is 3.26. The molecule has 0 amide bonds. The second-order valence-corrected chi connectivity index (χ2v) is 4.98. The molecule has 0 saturated carbocycles. The molecular weight excluding hydrogens is 171 g/mol. The third-order valence-electron chi connectivity index (χ3n) is 2.33. The Morgan fingerprint density at radius 3 is 2.50 bits per heavy atom. The van der Waals surface area contributed by atoms with Gasteiger partial charge < -0.3 is 9.90 Å². The Labute approximate surface area is 76.5 Å². The van der Waals surface area contributed by atoms with Crippen LogP contribution in [-0.4, -0.2) is 18.3 Å². The molecule has 0 spiro atoms. The lowest BCUT2D eigenvalue weighted by Gasteiger charge is -2.19. The highest BCUT2D eigenvalue weighted by Gasteiger charge is 2.19. The Hall–Kier alpha value is -0.100. The first-order valence-electron chi connectivity index (χ1n) is 4.63. The van der Waals surface area contributed by atoms with Crippen molar-refractivity contribution >= 4 is 14.6 Å². The van der Waals surface area contributed by atoms with Crippen LogP contribution in [0.4, 0.5) is 0 Å². The third kappa shape index (κ3) is 4.06. The predicted molar refractivity (Wildman–Crippen MR) is 53.1 cm³/mol. The van der Waals surface area contributed by atoms with Gasteiger partial charge in [0.05, 0.1) is 5.66 Å². The Balaban J connectivity index is 3.94. The average Bonchev–Trinajstić information content (AvgIpc) is 2.04. The summed E-state index contributed by atoms with van der Waals surface area (Å²) in [5.41, 5.74) is 0.335. The van der Waals surface area contributed by atoms with Crippen molar-refractivity contribution in [2.45, 2.75) is 38.8 Å². The van der Waals surface area contributed by atoms with Crippen LogP contribution in [0, 0.1) is 5.92 Å². The van der Waals surface area contributed by atoms with Gasteiger partial charge in [0.1, 0.15) is 0 Å². The molecule has 0 heterocycles. The van der Waals surface area contributed by atoms with E-state index in [1.54, 1.807) is 0 Å². The molecule has 3 atom stereocenters. The highest BCUT2D eigenvalue weighted by molar-refractivity contribution is 7.37. The molecule has 0 aromatic rings. The van der Waals surface area contributed by atoms with Gasteiger partial charge in [-0.15, -0.1) is 0 Å². The first-order chi connectivity index (χ1) is 5.63. The van der Waals surface area contributed by atoms with Crippen molar-refractivity contribution in [3.63, 3.8) is 0 Å². The van der Waals surface area contributed by atoms with Crippen LogP contribution in [0.3, 0.4) is 0 Å². The van der Waals surface area contributed by atoms with Crippen LogP contribution in [0.1, 0.15) is 33.1 Å². The molecule has 0 bridgehead atoms. The van der Waals surface area contributed by atoms with E-state index >= 15 is 0 Å². The summed E-state index contributed by atoms with van der Waals surface area (Å²) in [5, 5.41) is 10.7. The zero-order chi connectivity index (χ0) is 9.56. The van der Waals surface area contributed by atoms with Gasteiger partial charge in [0.25, 0.3) is 0 Å². The third-order valence-corrected chi connectivity index (χ3v) is 3.85. The monoisotopic (exact) mass is 190 g/mol. The SMILES string of the molecule is CCCCC(C(=O)[O-])C(C)[PH2+]C. The van der Waals surface area contributed by atoms with Gasteiger partial charge in [-0.1, -0.05) is 19.8 Å². The van der Waals surface area contributed by atoms with E-state index in [0.717, 1.165) is 19.3 Å². The average molecular weight is 190 g/mol. The maximum absolute atomic E-state index is 10.7. The number of aliphatic carboxylic acids is 1. The van der Waals surface area contributed by atoms with Crippen LogP contribution in [0.5, 0.6) is 0 Å². The molecule has 0 fully saturated rings. The van der Waals surface area contributed by atoms with Crippen LogP contribution in [0.25, 0.3) is 0 Å². The minimum Gasteiger partial charge on any atom is -0.550 e. The number of hydrogen-bond acceptors (Lipinski definition) is 2. The van der Waals surface area contributed by atoms with Gasteiger partial charge >= 0.3 is 0 Å².